The predicted molar refractivity (Wildman–Crippen MR) is 356 cm³/mol. The van der Waals surface area contributed by atoms with Crippen LogP contribution in [0.2, 0.25) is 0 Å². The summed E-state index contributed by atoms with van der Waals surface area (Å²) in [5.41, 5.74) is 26.6. The first-order valence-electron chi connectivity index (χ1n) is 29.5. The normalized spacial score (nSPS) is 13.0. The van der Waals surface area contributed by atoms with Crippen molar-refractivity contribution >= 4 is 51.2 Å². The minimum atomic E-state index is -0.477. The molecule has 13 aromatic rings. The summed E-state index contributed by atoms with van der Waals surface area (Å²) in [6.07, 6.45) is 0. The third-order valence-corrected chi connectivity index (χ3v) is 17.6. The summed E-state index contributed by atoms with van der Waals surface area (Å²) in [5.74, 6) is 0. The van der Waals surface area contributed by atoms with Crippen LogP contribution in [-0.4, -0.2) is 0 Å². The first-order valence-corrected chi connectivity index (χ1v) is 29.5. The van der Waals surface area contributed by atoms with Gasteiger partial charge in [-0.05, 0) is 181 Å². The first-order chi connectivity index (χ1) is 41.9. The molecule has 0 unspecified atom stereocenters. The van der Waals surface area contributed by atoms with Crippen molar-refractivity contribution in [2.45, 2.75) is 24.7 Å². The number of hydrogen-bond acceptors (Lipinski definition) is 3. The van der Waals surface area contributed by atoms with E-state index in [1.54, 1.807) is 0 Å². The smallest absolute Gasteiger partial charge is 0.0713 e. The Hall–Kier alpha value is -10.7. The van der Waals surface area contributed by atoms with Gasteiger partial charge in [0.05, 0.1) is 5.41 Å². The molecule has 0 radical (unpaired) electrons. The van der Waals surface area contributed by atoms with Crippen LogP contribution in [0.4, 0.5) is 51.2 Å². The molecule has 404 valence electrons. The third kappa shape index (κ3) is 8.74. The van der Waals surface area contributed by atoms with Crippen molar-refractivity contribution in [3.8, 4) is 44.5 Å². The van der Waals surface area contributed by atoms with Gasteiger partial charge in [0.2, 0.25) is 0 Å². The maximum Gasteiger partial charge on any atom is 0.0713 e. The second-order valence-electron chi connectivity index (χ2n) is 22.8. The van der Waals surface area contributed by atoms with Crippen LogP contribution in [-0.2, 0) is 10.8 Å². The predicted octanol–water partition coefficient (Wildman–Crippen LogP) is 22.1. The molecular weight excluding hydrogens is 1030 g/mol. The van der Waals surface area contributed by atoms with E-state index in [1.807, 2.05) is 0 Å². The van der Waals surface area contributed by atoms with Crippen LogP contribution in [0.25, 0.3) is 44.5 Å². The molecule has 2 aliphatic carbocycles. The summed E-state index contributed by atoms with van der Waals surface area (Å²) in [7, 11) is 0. The minimum Gasteiger partial charge on any atom is -0.310 e. The molecule has 0 bridgehead atoms. The van der Waals surface area contributed by atoms with Gasteiger partial charge in [0.25, 0.3) is 0 Å². The van der Waals surface area contributed by atoms with Crippen LogP contribution < -0.4 is 14.7 Å². The summed E-state index contributed by atoms with van der Waals surface area (Å²) in [6, 6.07) is 122. The number of benzene rings is 13. The van der Waals surface area contributed by atoms with Crippen LogP contribution in [0.1, 0.15) is 47.2 Å². The third-order valence-electron chi connectivity index (χ3n) is 17.6. The minimum absolute atomic E-state index is 0.161. The fourth-order valence-electron chi connectivity index (χ4n) is 14.0. The van der Waals surface area contributed by atoms with Crippen LogP contribution in [0.3, 0.4) is 0 Å². The molecule has 3 nitrogen and oxygen atoms in total. The lowest BCUT2D eigenvalue weighted by atomic mass is 9.67. The summed E-state index contributed by atoms with van der Waals surface area (Å²) in [4.78, 5) is 7.17. The molecule has 0 aliphatic heterocycles. The van der Waals surface area contributed by atoms with Crippen LogP contribution >= 0.6 is 0 Å². The van der Waals surface area contributed by atoms with Gasteiger partial charge in [-0.3, -0.25) is 0 Å². The van der Waals surface area contributed by atoms with E-state index in [0.717, 1.165) is 62.3 Å². The first kappa shape index (κ1) is 51.2. The van der Waals surface area contributed by atoms with E-state index < -0.39 is 5.41 Å². The van der Waals surface area contributed by atoms with Crippen molar-refractivity contribution in [3.63, 3.8) is 0 Å². The Kier molecular flexibility index (Phi) is 12.8. The van der Waals surface area contributed by atoms with Gasteiger partial charge in [-0.25, -0.2) is 0 Å². The van der Waals surface area contributed by atoms with E-state index in [9.17, 15) is 0 Å². The average Bonchev–Trinajstić information content (AvgIpc) is 1.77. The Balaban J connectivity index is 0.887. The van der Waals surface area contributed by atoms with E-state index in [2.05, 4.69) is 362 Å². The molecule has 2 aliphatic rings. The van der Waals surface area contributed by atoms with Gasteiger partial charge in [-0.2, -0.15) is 0 Å². The Morgan fingerprint density at radius 2 is 0.541 bits per heavy atom. The molecule has 0 saturated carbocycles. The Morgan fingerprint density at radius 1 is 0.212 bits per heavy atom. The zero-order valence-corrected chi connectivity index (χ0v) is 47.6. The molecule has 0 spiro atoms. The van der Waals surface area contributed by atoms with Crippen LogP contribution in [0.5, 0.6) is 0 Å². The molecule has 85 heavy (non-hydrogen) atoms. The highest BCUT2D eigenvalue weighted by atomic mass is 15.2. The van der Waals surface area contributed by atoms with E-state index in [0.29, 0.717) is 0 Å². The highest BCUT2D eigenvalue weighted by Gasteiger charge is 2.46. The highest BCUT2D eigenvalue weighted by Crippen LogP contribution is 2.57. The molecule has 0 N–H and O–H groups in total. The summed E-state index contributed by atoms with van der Waals surface area (Å²) < 4.78 is 0. The molecule has 0 amide bonds. The van der Waals surface area contributed by atoms with Crippen molar-refractivity contribution in [2.75, 3.05) is 14.7 Å². The van der Waals surface area contributed by atoms with Gasteiger partial charge in [-0.1, -0.05) is 244 Å². The molecule has 0 saturated heterocycles. The van der Waals surface area contributed by atoms with Crippen molar-refractivity contribution in [1.82, 2.24) is 0 Å². The van der Waals surface area contributed by atoms with Crippen LogP contribution in [0, 0.1) is 0 Å². The fourth-order valence-corrected chi connectivity index (χ4v) is 14.0. The fraction of sp³-hybridized carbons (Fsp3) is 0.0488. The number of nitrogens with zero attached hydrogens (tertiary/aromatic N) is 3. The quantitative estimate of drug-likeness (QED) is 0.114. The zero-order valence-electron chi connectivity index (χ0n) is 47.6. The Morgan fingerprint density at radius 3 is 1.07 bits per heavy atom. The highest BCUT2D eigenvalue weighted by molar-refractivity contribution is 5.93. The SMILES string of the molecule is CC1(C)c2ccccc2-c2cccc(-c3cccc(N(c4ccccc4)c4cccc(N(c5cccc(-c6ccc7c(c6)-c6ccccc6C7(c6ccccc6)c6ccccc6)c5)c5cccc(N(c6ccccc6)c6ccccc6)c5)c4)c3)c21. The number of para-hydroxylation sites is 3. The Labute approximate surface area is 499 Å². The van der Waals surface area contributed by atoms with Gasteiger partial charge >= 0.3 is 0 Å². The molecule has 13 aromatic carbocycles. The van der Waals surface area contributed by atoms with E-state index >= 15 is 0 Å². The summed E-state index contributed by atoms with van der Waals surface area (Å²) >= 11 is 0. The molecule has 0 atom stereocenters. The van der Waals surface area contributed by atoms with Crippen molar-refractivity contribution in [2.24, 2.45) is 0 Å². The van der Waals surface area contributed by atoms with Gasteiger partial charge in [0, 0.05) is 56.6 Å². The zero-order chi connectivity index (χ0) is 56.9. The summed E-state index contributed by atoms with van der Waals surface area (Å²) in [6.45, 7) is 4.75. The van der Waals surface area contributed by atoms with Crippen molar-refractivity contribution in [1.29, 1.82) is 0 Å². The largest absolute Gasteiger partial charge is 0.310 e. The lowest BCUT2D eigenvalue weighted by molar-refractivity contribution is 0.662. The lowest BCUT2D eigenvalue weighted by Gasteiger charge is -2.33. The average molecular weight is 1090 g/mol. The van der Waals surface area contributed by atoms with Crippen molar-refractivity contribution in [3.05, 3.63) is 367 Å². The molecule has 3 heteroatoms. The summed E-state index contributed by atoms with van der Waals surface area (Å²) in [5, 5.41) is 0. The maximum absolute atomic E-state index is 2.43. The molecule has 15 rings (SSSR count). The van der Waals surface area contributed by atoms with Gasteiger partial charge in [-0.15, -0.1) is 0 Å². The monoisotopic (exact) mass is 1090 g/mol. The van der Waals surface area contributed by atoms with Gasteiger partial charge in [0.15, 0.2) is 0 Å². The Bertz CT molecular complexity index is 4490. The molecule has 0 heterocycles. The van der Waals surface area contributed by atoms with E-state index in [-0.39, 0.29) is 5.41 Å². The van der Waals surface area contributed by atoms with Crippen molar-refractivity contribution < 1.29 is 0 Å². The van der Waals surface area contributed by atoms with E-state index in [4.69, 9.17) is 0 Å². The molecule has 0 aromatic heterocycles. The van der Waals surface area contributed by atoms with Gasteiger partial charge in [0.1, 0.15) is 0 Å². The molecular formula is C82H61N3. The number of rotatable bonds is 13. The lowest BCUT2D eigenvalue weighted by Crippen LogP contribution is -2.28. The standard InChI is InChI=1S/C82H61N3/c1-81(2)77-49-20-18-45-73(77)75-48-26-47-72(80(75)81)60-28-23-40-67(54-60)84(65-37-16-7-17-38-65)69-42-25-44-71(57-69)85(70-43-24-41-68(56-70)83(63-33-12-5-13-34-63)64-35-14-6-15-36-64)66-39-22-27-58(53-66)59-51-52-79-76(55-59)74-46-19-21-50-78(74)82(79,61-29-8-3-9-30-61)62-31-10-4-11-32-62/h3-57H,1-2H3. The number of fused-ring (bicyclic) bond motifs is 6. The van der Waals surface area contributed by atoms with E-state index in [1.165, 1.54) is 66.8 Å². The molecule has 0 fully saturated rings. The van der Waals surface area contributed by atoms with Crippen LogP contribution in [0.15, 0.2) is 334 Å². The second-order valence-corrected chi connectivity index (χ2v) is 22.8. The topological polar surface area (TPSA) is 9.72 Å². The number of anilines is 9. The second kappa shape index (κ2) is 21.2. The maximum atomic E-state index is 2.43. The van der Waals surface area contributed by atoms with Gasteiger partial charge < -0.3 is 14.7 Å². The number of hydrogen-bond donors (Lipinski definition) is 0.